The van der Waals surface area contributed by atoms with Crippen LogP contribution in [0.15, 0.2) is 54.7 Å². The molecule has 28 heavy (non-hydrogen) atoms. The van der Waals surface area contributed by atoms with E-state index in [1.165, 1.54) is 12.1 Å². The van der Waals surface area contributed by atoms with Gasteiger partial charge in [0.1, 0.15) is 5.82 Å². The van der Waals surface area contributed by atoms with Crippen LogP contribution in [0.25, 0.3) is 10.9 Å². The van der Waals surface area contributed by atoms with Crippen molar-refractivity contribution >= 4 is 16.8 Å². The van der Waals surface area contributed by atoms with E-state index in [4.69, 9.17) is 4.74 Å². The molecule has 2 heterocycles. The van der Waals surface area contributed by atoms with Crippen LogP contribution in [0.5, 0.6) is 0 Å². The molecule has 4 rings (SSSR count). The van der Waals surface area contributed by atoms with Crippen molar-refractivity contribution in [3.8, 4) is 0 Å². The predicted molar refractivity (Wildman–Crippen MR) is 107 cm³/mol. The number of aryl methyl sites for hydroxylation is 1. The van der Waals surface area contributed by atoms with Gasteiger partial charge in [-0.05, 0) is 23.8 Å². The number of hydrogen-bond acceptors (Lipinski definition) is 3. The minimum atomic E-state index is -0.260. The van der Waals surface area contributed by atoms with Crippen molar-refractivity contribution in [2.45, 2.75) is 6.04 Å². The highest BCUT2D eigenvalue weighted by Gasteiger charge is 2.24. The molecule has 1 atom stereocenters. The normalized spacial score (nSPS) is 16.2. The molecule has 2 aromatic carbocycles. The van der Waals surface area contributed by atoms with Crippen LogP contribution in [-0.2, 0) is 11.8 Å². The maximum Gasteiger partial charge on any atom is 0.253 e. The second kappa shape index (κ2) is 8.12. The zero-order valence-electron chi connectivity index (χ0n) is 15.9. The largest absolute Gasteiger partial charge is 0.379 e. The fraction of sp³-hybridized carbons (Fsp3) is 0.318. The lowest BCUT2D eigenvalue weighted by Gasteiger charge is -2.35. The number of para-hydroxylation sites is 1. The number of aromatic nitrogens is 1. The average molecular weight is 381 g/mol. The Kier molecular flexibility index (Phi) is 5.41. The fourth-order valence-corrected chi connectivity index (χ4v) is 3.84. The summed E-state index contributed by atoms with van der Waals surface area (Å²) in [5.41, 5.74) is 2.68. The molecule has 0 aliphatic carbocycles. The van der Waals surface area contributed by atoms with Crippen LogP contribution in [0.2, 0.25) is 0 Å². The summed E-state index contributed by atoms with van der Waals surface area (Å²) >= 11 is 0. The number of hydrogen-bond donors (Lipinski definition) is 1. The van der Waals surface area contributed by atoms with Gasteiger partial charge in [-0.1, -0.05) is 30.3 Å². The summed E-state index contributed by atoms with van der Waals surface area (Å²) in [6, 6.07) is 14.4. The lowest BCUT2D eigenvalue weighted by atomic mass is 10.0. The molecule has 1 aliphatic heterocycles. The summed E-state index contributed by atoms with van der Waals surface area (Å²) in [6.07, 6.45) is 1.86. The number of fused-ring (bicyclic) bond motifs is 1. The van der Waals surface area contributed by atoms with Crippen LogP contribution in [-0.4, -0.2) is 48.2 Å². The molecule has 0 unspecified atom stereocenters. The molecule has 0 saturated carbocycles. The predicted octanol–water partition coefficient (Wildman–Crippen LogP) is 3.12. The molecule has 1 fully saturated rings. The first kappa shape index (κ1) is 18.7. The van der Waals surface area contributed by atoms with Crippen LogP contribution in [0.4, 0.5) is 4.39 Å². The molecule has 0 spiro atoms. The molecule has 0 bridgehead atoms. The first-order chi connectivity index (χ1) is 13.6. The number of benzene rings is 2. The zero-order chi connectivity index (χ0) is 19.5. The maximum atomic E-state index is 13.4. The molecule has 146 valence electrons. The van der Waals surface area contributed by atoms with Crippen molar-refractivity contribution in [1.29, 1.82) is 0 Å². The molecular weight excluding hydrogens is 357 g/mol. The van der Waals surface area contributed by atoms with E-state index in [2.05, 4.69) is 10.2 Å². The van der Waals surface area contributed by atoms with Gasteiger partial charge in [-0.3, -0.25) is 9.69 Å². The van der Waals surface area contributed by atoms with Gasteiger partial charge in [-0.2, -0.15) is 0 Å². The Hall–Kier alpha value is -2.70. The summed E-state index contributed by atoms with van der Waals surface area (Å²) in [7, 11) is 1.94. The summed E-state index contributed by atoms with van der Waals surface area (Å²) < 4.78 is 20.8. The van der Waals surface area contributed by atoms with Crippen LogP contribution in [0.1, 0.15) is 22.0 Å². The van der Waals surface area contributed by atoms with Crippen LogP contribution < -0.4 is 5.32 Å². The number of nitrogens with one attached hydrogen (secondary N) is 1. The number of amides is 1. The van der Waals surface area contributed by atoms with Crippen LogP contribution >= 0.6 is 0 Å². The lowest BCUT2D eigenvalue weighted by molar-refractivity contribution is 0.0162. The second-order valence-electron chi connectivity index (χ2n) is 7.10. The van der Waals surface area contributed by atoms with E-state index >= 15 is 0 Å². The first-order valence-corrected chi connectivity index (χ1v) is 9.53. The van der Waals surface area contributed by atoms with E-state index in [1.54, 1.807) is 12.1 Å². The lowest BCUT2D eigenvalue weighted by Crippen LogP contribution is -2.43. The molecule has 1 amide bonds. The molecule has 6 heteroatoms. The fourth-order valence-electron chi connectivity index (χ4n) is 3.84. The number of carbonyl (C=O) groups is 1. The third kappa shape index (κ3) is 3.79. The Bertz CT molecular complexity index is 962. The van der Waals surface area contributed by atoms with Gasteiger partial charge in [-0.15, -0.1) is 0 Å². The third-order valence-electron chi connectivity index (χ3n) is 5.34. The number of ether oxygens (including phenoxy) is 1. The quantitative estimate of drug-likeness (QED) is 0.739. The van der Waals surface area contributed by atoms with Crippen LogP contribution in [0.3, 0.4) is 0 Å². The highest BCUT2D eigenvalue weighted by Crippen LogP contribution is 2.23. The summed E-state index contributed by atoms with van der Waals surface area (Å²) in [4.78, 5) is 15.2. The topological polar surface area (TPSA) is 46.5 Å². The first-order valence-electron chi connectivity index (χ1n) is 9.53. The van der Waals surface area contributed by atoms with Crippen molar-refractivity contribution < 1.29 is 13.9 Å². The van der Waals surface area contributed by atoms with Crippen molar-refractivity contribution in [2.24, 2.45) is 7.05 Å². The van der Waals surface area contributed by atoms with Crippen LogP contribution in [0, 0.1) is 5.82 Å². The minimum absolute atomic E-state index is 0.0246. The van der Waals surface area contributed by atoms with Gasteiger partial charge < -0.3 is 14.6 Å². The van der Waals surface area contributed by atoms with Crippen molar-refractivity contribution in [2.75, 3.05) is 32.8 Å². The number of halogens is 1. The Balaban J connectivity index is 1.54. The highest BCUT2D eigenvalue weighted by atomic mass is 19.1. The maximum absolute atomic E-state index is 13.4. The molecule has 1 N–H and O–H groups in total. The summed E-state index contributed by atoms with van der Waals surface area (Å²) in [6.45, 7) is 3.34. The van der Waals surface area contributed by atoms with E-state index < -0.39 is 0 Å². The minimum Gasteiger partial charge on any atom is -0.379 e. The van der Waals surface area contributed by atoms with E-state index in [-0.39, 0.29) is 17.8 Å². The number of rotatable bonds is 5. The van der Waals surface area contributed by atoms with Gasteiger partial charge in [0.15, 0.2) is 0 Å². The smallest absolute Gasteiger partial charge is 0.253 e. The Morgan fingerprint density at radius 2 is 1.86 bits per heavy atom. The number of morpholine rings is 1. The molecule has 1 aromatic heterocycles. The van der Waals surface area contributed by atoms with Gasteiger partial charge in [0, 0.05) is 43.8 Å². The Morgan fingerprint density at radius 1 is 1.14 bits per heavy atom. The highest BCUT2D eigenvalue weighted by molar-refractivity contribution is 6.06. The summed E-state index contributed by atoms with van der Waals surface area (Å²) in [5, 5.41) is 4.02. The van der Waals surface area contributed by atoms with E-state index in [1.807, 2.05) is 42.1 Å². The average Bonchev–Trinajstić information content (AvgIpc) is 3.07. The Morgan fingerprint density at radius 3 is 2.61 bits per heavy atom. The van der Waals surface area contributed by atoms with E-state index in [0.717, 1.165) is 29.6 Å². The molecule has 1 saturated heterocycles. The standard InChI is InChI=1S/C22H24FN3O2/c1-25-15-19(18-4-2-3-5-20(18)25)22(27)24-14-21(26-10-12-28-13-11-26)16-6-8-17(23)9-7-16/h2-9,15,21H,10-14H2,1H3,(H,24,27)/t21-/m0/s1. The second-order valence-corrected chi connectivity index (χ2v) is 7.10. The molecule has 3 aromatic rings. The monoisotopic (exact) mass is 381 g/mol. The van der Waals surface area contributed by atoms with E-state index in [0.29, 0.717) is 25.3 Å². The Labute approximate surface area is 163 Å². The van der Waals surface area contributed by atoms with Gasteiger partial charge in [0.05, 0.1) is 24.8 Å². The summed E-state index contributed by atoms with van der Waals surface area (Å²) in [5.74, 6) is -0.360. The third-order valence-corrected chi connectivity index (χ3v) is 5.34. The molecule has 5 nitrogen and oxygen atoms in total. The van der Waals surface area contributed by atoms with Gasteiger partial charge in [0.25, 0.3) is 5.91 Å². The van der Waals surface area contributed by atoms with Crippen molar-refractivity contribution in [3.05, 3.63) is 71.7 Å². The number of nitrogens with zero attached hydrogens (tertiary/aromatic N) is 2. The molecule has 0 radical (unpaired) electrons. The zero-order valence-corrected chi connectivity index (χ0v) is 15.9. The van der Waals surface area contributed by atoms with Crippen molar-refractivity contribution in [3.63, 3.8) is 0 Å². The van der Waals surface area contributed by atoms with Gasteiger partial charge in [0.2, 0.25) is 0 Å². The number of carbonyl (C=O) groups excluding carboxylic acids is 1. The SMILES string of the molecule is Cn1cc(C(=O)NC[C@@H](c2ccc(F)cc2)N2CCOCC2)c2ccccc21. The van der Waals surface area contributed by atoms with E-state index in [9.17, 15) is 9.18 Å². The molecular formula is C22H24FN3O2. The van der Waals surface area contributed by atoms with Gasteiger partial charge >= 0.3 is 0 Å². The molecule has 1 aliphatic rings. The van der Waals surface area contributed by atoms with Crippen molar-refractivity contribution in [1.82, 2.24) is 14.8 Å². The van der Waals surface area contributed by atoms with Gasteiger partial charge in [-0.25, -0.2) is 4.39 Å².